The van der Waals surface area contributed by atoms with Crippen molar-refractivity contribution in [3.05, 3.63) is 29.6 Å². The quantitative estimate of drug-likeness (QED) is 0.780. The standard InChI is InChI=1S/C20H33FN4O/c1-5-20(6-2,14-22)19(26)23-15(3)17-13-16(21)7-8-18(17)25-11-9-24(4)10-12-25/h7-8,13,15H,5-6,9-12,14,22H2,1-4H3,(H,23,26). The molecule has 1 heterocycles. The Morgan fingerprint density at radius 1 is 1.27 bits per heavy atom. The van der Waals surface area contributed by atoms with Crippen LogP contribution in [-0.2, 0) is 4.79 Å². The highest BCUT2D eigenvalue weighted by Gasteiger charge is 2.34. The fourth-order valence-electron chi connectivity index (χ4n) is 3.59. The number of carbonyl (C=O) groups is 1. The van der Waals surface area contributed by atoms with Crippen LogP contribution in [0.3, 0.4) is 0 Å². The van der Waals surface area contributed by atoms with Crippen molar-refractivity contribution in [2.45, 2.75) is 39.7 Å². The minimum Gasteiger partial charge on any atom is -0.369 e. The van der Waals surface area contributed by atoms with Crippen LogP contribution in [0.4, 0.5) is 10.1 Å². The van der Waals surface area contributed by atoms with Crippen molar-refractivity contribution in [1.82, 2.24) is 10.2 Å². The summed E-state index contributed by atoms with van der Waals surface area (Å²) in [5.41, 5.74) is 7.15. The molecule has 6 heteroatoms. The minimum absolute atomic E-state index is 0.0499. The van der Waals surface area contributed by atoms with Crippen molar-refractivity contribution < 1.29 is 9.18 Å². The number of hydrogen-bond acceptors (Lipinski definition) is 4. The second-order valence-corrected chi connectivity index (χ2v) is 7.38. The summed E-state index contributed by atoms with van der Waals surface area (Å²) in [6, 6.07) is 4.58. The molecule has 0 radical (unpaired) electrons. The lowest BCUT2D eigenvalue weighted by molar-refractivity contribution is -0.131. The minimum atomic E-state index is -0.560. The zero-order chi connectivity index (χ0) is 19.3. The maximum absolute atomic E-state index is 13.9. The molecule has 146 valence electrons. The van der Waals surface area contributed by atoms with E-state index in [1.165, 1.54) is 6.07 Å². The summed E-state index contributed by atoms with van der Waals surface area (Å²) >= 11 is 0. The molecule has 26 heavy (non-hydrogen) atoms. The number of likely N-dealkylation sites (N-methyl/N-ethyl adjacent to an activating group) is 1. The zero-order valence-electron chi connectivity index (χ0n) is 16.5. The van der Waals surface area contributed by atoms with Gasteiger partial charge in [-0.2, -0.15) is 0 Å². The molecule has 1 aromatic carbocycles. The number of nitrogens with two attached hydrogens (primary N) is 1. The Bertz CT molecular complexity index is 602. The maximum atomic E-state index is 13.9. The molecule has 1 saturated heterocycles. The first-order valence-electron chi connectivity index (χ1n) is 9.60. The molecule has 5 nitrogen and oxygen atoms in total. The molecular formula is C20H33FN4O. The van der Waals surface area contributed by atoms with Crippen LogP contribution in [0.5, 0.6) is 0 Å². The first-order chi connectivity index (χ1) is 12.4. The van der Waals surface area contributed by atoms with E-state index in [1.807, 2.05) is 26.8 Å². The molecule has 0 aliphatic carbocycles. The van der Waals surface area contributed by atoms with Gasteiger partial charge in [-0.15, -0.1) is 0 Å². The second kappa shape index (κ2) is 8.82. The summed E-state index contributed by atoms with van der Waals surface area (Å²) in [5.74, 6) is -0.332. The van der Waals surface area contributed by atoms with Gasteiger partial charge < -0.3 is 20.9 Å². The van der Waals surface area contributed by atoms with E-state index >= 15 is 0 Å². The first-order valence-corrected chi connectivity index (χ1v) is 9.60. The van der Waals surface area contributed by atoms with E-state index in [4.69, 9.17) is 5.73 Å². The highest BCUT2D eigenvalue weighted by Crippen LogP contribution is 2.31. The van der Waals surface area contributed by atoms with Gasteiger partial charge in [-0.3, -0.25) is 4.79 Å². The summed E-state index contributed by atoms with van der Waals surface area (Å²) in [6.45, 7) is 9.93. The Balaban J connectivity index is 2.24. The molecule has 0 aromatic heterocycles. The molecule has 1 aliphatic rings. The van der Waals surface area contributed by atoms with Crippen molar-refractivity contribution in [1.29, 1.82) is 0 Å². The summed E-state index contributed by atoms with van der Waals surface area (Å²) in [6.07, 6.45) is 1.38. The number of halogens is 1. The number of hydrogen-bond donors (Lipinski definition) is 2. The van der Waals surface area contributed by atoms with Crippen LogP contribution in [0.15, 0.2) is 18.2 Å². The van der Waals surface area contributed by atoms with Crippen LogP contribution in [-0.4, -0.2) is 50.6 Å². The van der Waals surface area contributed by atoms with Crippen molar-refractivity contribution in [2.75, 3.05) is 44.7 Å². The molecule has 1 atom stereocenters. The van der Waals surface area contributed by atoms with Gasteiger partial charge >= 0.3 is 0 Å². The van der Waals surface area contributed by atoms with Crippen molar-refractivity contribution in [3.63, 3.8) is 0 Å². The fraction of sp³-hybridized carbons (Fsp3) is 0.650. The van der Waals surface area contributed by atoms with Gasteiger partial charge in [-0.1, -0.05) is 13.8 Å². The third kappa shape index (κ3) is 4.35. The van der Waals surface area contributed by atoms with Gasteiger partial charge in [-0.25, -0.2) is 4.39 Å². The highest BCUT2D eigenvalue weighted by molar-refractivity contribution is 5.83. The Morgan fingerprint density at radius 3 is 2.42 bits per heavy atom. The predicted molar refractivity (Wildman–Crippen MR) is 105 cm³/mol. The number of amides is 1. The van der Waals surface area contributed by atoms with Gasteiger partial charge in [0, 0.05) is 44.0 Å². The summed E-state index contributed by atoms with van der Waals surface area (Å²) < 4.78 is 13.9. The third-order valence-corrected chi connectivity index (χ3v) is 5.87. The lowest BCUT2D eigenvalue weighted by atomic mass is 9.81. The topological polar surface area (TPSA) is 61.6 Å². The van der Waals surface area contributed by atoms with E-state index in [-0.39, 0.29) is 17.8 Å². The van der Waals surface area contributed by atoms with Gasteiger partial charge in [0.1, 0.15) is 5.82 Å². The molecule has 0 saturated carbocycles. The van der Waals surface area contributed by atoms with Crippen LogP contribution in [0.1, 0.15) is 45.2 Å². The Hall–Kier alpha value is -1.66. The largest absolute Gasteiger partial charge is 0.369 e. The average Bonchev–Trinajstić information content (AvgIpc) is 2.64. The van der Waals surface area contributed by atoms with Crippen molar-refractivity contribution in [3.8, 4) is 0 Å². The number of nitrogens with zero attached hydrogens (tertiary/aromatic N) is 2. The van der Waals surface area contributed by atoms with Gasteiger partial charge in [0.05, 0.1) is 11.5 Å². The number of carbonyl (C=O) groups excluding carboxylic acids is 1. The van der Waals surface area contributed by atoms with Crippen LogP contribution in [0.25, 0.3) is 0 Å². The molecular weight excluding hydrogens is 331 g/mol. The molecule has 1 aliphatic heterocycles. The maximum Gasteiger partial charge on any atom is 0.227 e. The summed E-state index contributed by atoms with van der Waals surface area (Å²) in [5, 5.41) is 3.08. The average molecular weight is 365 g/mol. The molecule has 0 bridgehead atoms. The van der Waals surface area contributed by atoms with E-state index in [9.17, 15) is 9.18 Å². The van der Waals surface area contributed by atoms with Crippen LogP contribution in [0, 0.1) is 11.2 Å². The van der Waals surface area contributed by atoms with Gasteiger partial charge in [0.25, 0.3) is 0 Å². The van der Waals surface area contributed by atoms with Crippen LogP contribution >= 0.6 is 0 Å². The van der Waals surface area contributed by atoms with Gasteiger partial charge in [0.15, 0.2) is 0 Å². The summed E-state index contributed by atoms with van der Waals surface area (Å²) in [4.78, 5) is 17.4. The highest BCUT2D eigenvalue weighted by atomic mass is 19.1. The molecule has 1 unspecified atom stereocenters. The Kier molecular flexibility index (Phi) is 7.01. The lowest BCUT2D eigenvalue weighted by Gasteiger charge is -2.36. The van der Waals surface area contributed by atoms with E-state index in [0.29, 0.717) is 19.4 Å². The number of anilines is 1. The van der Waals surface area contributed by atoms with Gasteiger partial charge in [-0.05, 0) is 45.0 Å². The molecule has 0 spiro atoms. The van der Waals surface area contributed by atoms with E-state index in [1.54, 1.807) is 6.07 Å². The Labute approximate surface area is 156 Å². The monoisotopic (exact) mass is 364 g/mol. The third-order valence-electron chi connectivity index (χ3n) is 5.87. The normalized spacial score (nSPS) is 17.2. The Morgan fingerprint density at radius 2 is 1.88 bits per heavy atom. The smallest absolute Gasteiger partial charge is 0.227 e. The van der Waals surface area contributed by atoms with Crippen LogP contribution < -0.4 is 16.0 Å². The summed E-state index contributed by atoms with van der Waals surface area (Å²) in [7, 11) is 2.10. The molecule has 1 aromatic rings. The van der Waals surface area contributed by atoms with E-state index in [0.717, 1.165) is 37.4 Å². The fourth-order valence-corrected chi connectivity index (χ4v) is 3.59. The van der Waals surface area contributed by atoms with E-state index in [2.05, 4.69) is 22.2 Å². The molecule has 1 fully saturated rings. The number of rotatable bonds is 7. The van der Waals surface area contributed by atoms with Gasteiger partial charge in [0.2, 0.25) is 5.91 Å². The molecule has 3 N–H and O–H groups in total. The van der Waals surface area contributed by atoms with Crippen LogP contribution in [0.2, 0.25) is 0 Å². The first kappa shape index (κ1) is 20.6. The molecule has 2 rings (SSSR count). The zero-order valence-corrected chi connectivity index (χ0v) is 16.5. The van der Waals surface area contributed by atoms with Crippen molar-refractivity contribution in [2.24, 2.45) is 11.1 Å². The van der Waals surface area contributed by atoms with Crippen molar-refractivity contribution >= 4 is 11.6 Å². The number of benzene rings is 1. The number of piperazine rings is 1. The molecule has 1 amide bonds. The second-order valence-electron chi connectivity index (χ2n) is 7.38. The van der Waals surface area contributed by atoms with E-state index < -0.39 is 5.41 Å². The SMILES string of the molecule is CCC(CC)(CN)C(=O)NC(C)c1cc(F)ccc1N1CCN(C)CC1. The number of nitrogens with one attached hydrogen (secondary N) is 1. The predicted octanol–water partition coefficient (Wildman–Crippen LogP) is 2.52. The lowest BCUT2D eigenvalue weighted by Crippen LogP contribution is -2.47.